The van der Waals surface area contributed by atoms with E-state index in [1.165, 1.54) is 12.8 Å². The molecule has 1 heterocycles. The molecule has 2 aromatic rings. The van der Waals surface area contributed by atoms with E-state index in [1.807, 2.05) is 12.1 Å². The predicted molar refractivity (Wildman–Crippen MR) is 74.8 cm³/mol. The highest BCUT2D eigenvalue weighted by Gasteiger charge is 2.27. The minimum absolute atomic E-state index is 0.592. The summed E-state index contributed by atoms with van der Waals surface area (Å²) in [5.41, 5.74) is 1.06. The molecule has 3 nitrogen and oxygen atoms in total. The SMILES string of the molecule is CC(C)CNc1nc(C2CC2)nc2ccccc12. The largest absolute Gasteiger partial charge is 0.369 e. The zero-order chi connectivity index (χ0) is 12.5. The zero-order valence-electron chi connectivity index (χ0n) is 11.0. The molecule has 94 valence electrons. The fourth-order valence-electron chi connectivity index (χ4n) is 2.05. The summed E-state index contributed by atoms with van der Waals surface area (Å²) in [5, 5.41) is 4.59. The lowest BCUT2D eigenvalue weighted by Crippen LogP contribution is -2.11. The molecule has 0 spiro atoms. The van der Waals surface area contributed by atoms with E-state index in [2.05, 4.69) is 36.3 Å². The van der Waals surface area contributed by atoms with Crippen LogP contribution < -0.4 is 5.32 Å². The van der Waals surface area contributed by atoms with Crippen LogP contribution in [0.25, 0.3) is 10.9 Å². The van der Waals surface area contributed by atoms with E-state index >= 15 is 0 Å². The van der Waals surface area contributed by atoms with E-state index < -0.39 is 0 Å². The maximum atomic E-state index is 4.71. The first-order valence-corrected chi connectivity index (χ1v) is 6.74. The first kappa shape index (κ1) is 11.5. The second-order valence-electron chi connectivity index (χ2n) is 5.50. The van der Waals surface area contributed by atoms with Crippen molar-refractivity contribution >= 4 is 16.7 Å². The number of benzene rings is 1. The monoisotopic (exact) mass is 241 g/mol. The summed E-state index contributed by atoms with van der Waals surface area (Å²) < 4.78 is 0. The number of anilines is 1. The highest BCUT2D eigenvalue weighted by molar-refractivity contribution is 5.89. The molecule has 3 rings (SSSR count). The van der Waals surface area contributed by atoms with Gasteiger partial charge >= 0.3 is 0 Å². The molecule has 1 aliphatic carbocycles. The Balaban J connectivity index is 2.02. The Kier molecular flexibility index (Phi) is 2.90. The molecule has 0 amide bonds. The molecule has 1 aliphatic rings. The summed E-state index contributed by atoms with van der Waals surface area (Å²) in [6, 6.07) is 8.25. The third-order valence-electron chi connectivity index (χ3n) is 3.24. The van der Waals surface area contributed by atoms with Crippen molar-refractivity contribution in [2.75, 3.05) is 11.9 Å². The Labute approximate surface area is 108 Å². The lowest BCUT2D eigenvalue weighted by molar-refractivity contribution is 0.687. The van der Waals surface area contributed by atoms with Crippen molar-refractivity contribution in [3.8, 4) is 0 Å². The van der Waals surface area contributed by atoms with E-state index in [9.17, 15) is 0 Å². The van der Waals surface area contributed by atoms with Crippen LogP contribution in [-0.4, -0.2) is 16.5 Å². The van der Waals surface area contributed by atoms with Gasteiger partial charge in [0.05, 0.1) is 5.52 Å². The number of aromatic nitrogens is 2. The van der Waals surface area contributed by atoms with Gasteiger partial charge in [0.15, 0.2) is 0 Å². The van der Waals surface area contributed by atoms with E-state index in [0.717, 1.165) is 29.1 Å². The molecule has 1 fully saturated rings. The van der Waals surface area contributed by atoms with Gasteiger partial charge in [-0.2, -0.15) is 0 Å². The minimum Gasteiger partial charge on any atom is -0.369 e. The van der Waals surface area contributed by atoms with Crippen molar-refractivity contribution in [2.24, 2.45) is 5.92 Å². The van der Waals surface area contributed by atoms with Gasteiger partial charge in [-0.1, -0.05) is 26.0 Å². The van der Waals surface area contributed by atoms with Crippen molar-refractivity contribution in [1.82, 2.24) is 9.97 Å². The average Bonchev–Trinajstić information content (AvgIpc) is 3.19. The van der Waals surface area contributed by atoms with Crippen LogP contribution in [0.2, 0.25) is 0 Å². The Bertz CT molecular complexity index is 559. The molecule has 1 aromatic carbocycles. The van der Waals surface area contributed by atoms with Gasteiger partial charge in [-0.05, 0) is 30.9 Å². The van der Waals surface area contributed by atoms with Crippen molar-refractivity contribution < 1.29 is 0 Å². The predicted octanol–water partition coefficient (Wildman–Crippen LogP) is 3.58. The Morgan fingerprint density at radius 1 is 1.22 bits per heavy atom. The molecule has 3 heteroatoms. The molecule has 18 heavy (non-hydrogen) atoms. The second-order valence-corrected chi connectivity index (χ2v) is 5.50. The molecule has 0 unspecified atom stereocenters. The van der Waals surface area contributed by atoms with Crippen LogP contribution in [0.15, 0.2) is 24.3 Å². The number of fused-ring (bicyclic) bond motifs is 1. The van der Waals surface area contributed by atoms with Crippen LogP contribution in [-0.2, 0) is 0 Å². The highest BCUT2D eigenvalue weighted by atomic mass is 15.0. The van der Waals surface area contributed by atoms with Crippen LogP contribution >= 0.6 is 0 Å². The number of rotatable bonds is 4. The maximum Gasteiger partial charge on any atom is 0.137 e. The fraction of sp³-hybridized carbons (Fsp3) is 0.467. The molecule has 0 aliphatic heterocycles. The van der Waals surface area contributed by atoms with Gasteiger partial charge in [0, 0.05) is 17.8 Å². The van der Waals surface area contributed by atoms with Crippen LogP contribution in [0.1, 0.15) is 38.4 Å². The number of hydrogen-bond acceptors (Lipinski definition) is 3. The lowest BCUT2D eigenvalue weighted by Gasteiger charge is -2.12. The summed E-state index contributed by atoms with van der Waals surface area (Å²) in [5.74, 6) is 3.22. The minimum atomic E-state index is 0.592. The molecule has 1 saturated carbocycles. The highest BCUT2D eigenvalue weighted by Crippen LogP contribution is 2.39. The van der Waals surface area contributed by atoms with Crippen LogP contribution in [0.5, 0.6) is 0 Å². The second kappa shape index (κ2) is 4.56. The fourth-order valence-corrected chi connectivity index (χ4v) is 2.05. The van der Waals surface area contributed by atoms with Gasteiger partial charge in [0.1, 0.15) is 11.6 Å². The van der Waals surface area contributed by atoms with Crippen LogP contribution in [0.4, 0.5) is 5.82 Å². The Hall–Kier alpha value is -1.64. The lowest BCUT2D eigenvalue weighted by atomic mass is 10.2. The van der Waals surface area contributed by atoms with Crippen LogP contribution in [0, 0.1) is 5.92 Å². The Morgan fingerprint density at radius 2 is 2.00 bits per heavy atom. The first-order chi connectivity index (χ1) is 8.74. The summed E-state index contributed by atoms with van der Waals surface area (Å²) >= 11 is 0. The Morgan fingerprint density at radius 3 is 2.72 bits per heavy atom. The molecule has 0 saturated heterocycles. The summed E-state index contributed by atoms with van der Waals surface area (Å²) in [7, 11) is 0. The van der Waals surface area contributed by atoms with Crippen LogP contribution in [0.3, 0.4) is 0 Å². The van der Waals surface area contributed by atoms with Gasteiger partial charge in [0.25, 0.3) is 0 Å². The van der Waals surface area contributed by atoms with Crippen molar-refractivity contribution in [3.63, 3.8) is 0 Å². The third kappa shape index (κ3) is 2.30. The topological polar surface area (TPSA) is 37.8 Å². The molecule has 0 radical (unpaired) electrons. The number of hydrogen-bond donors (Lipinski definition) is 1. The molecule has 1 aromatic heterocycles. The standard InChI is InChI=1S/C15H19N3/c1-10(2)9-16-15-12-5-3-4-6-13(12)17-14(18-15)11-7-8-11/h3-6,10-11H,7-9H2,1-2H3,(H,16,17,18). The quantitative estimate of drug-likeness (QED) is 0.889. The molecular formula is C15H19N3. The molecule has 0 atom stereocenters. The van der Waals surface area contributed by atoms with Gasteiger partial charge in [-0.15, -0.1) is 0 Å². The summed E-state index contributed by atoms with van der Waals surface area (Å²) in [4.78, 5) is 9.39. The third-order valence-corrected chi connectivity index (χ3v) is 3.24. The maximum absolute atomic E-state index is 4.71. The average molecular weight is 241 g/mol. The zero-order valence-corrected chi connectivity index (χ0v) is 11.0. The number of nitrogens with zero attached hydrogens (tertiary/aromatic N) is 2. The smallest absolute Gasteiger partial charge is 0.137 e. The van der Waals surface area contributed by atoms with Crippen molar-refractivity contribution in [3.05, 3.63) is 30.1 Å². The molecule has 0 bridgehead atoms. The van der Waals surface area contributed by atoms with Gasteiger partial charge in [-0.25, -0.2) is 9.97 Å². The van der Waals surface area contributed by atoms with Gasteiger partial charge < -0.3 is 5.32 Å². The normalized spacial score (nSPS) is 15.3. The van der Waals surface area contributed by atoms with E-state index in [4.69, 9.17) is 4.98 Å². The van der Waals surface area contributed by atoms with Gasteiger partial charge in [-0.3, -0.25) is 0 Å². The van der Waals surface area contributed by atoms with Gasteiger partial charge in [0.2, 0.25) is 0 Å². The van der Waals surface area contributed by atoms with Crippen molar-refractivity contribution in [1.29, 1.82) is 0 Å². The number of nitrogens with one attached hydrogen (secondary N) is 1. The molecule has 1 N–H and O–H groups in total. The summed E-state index contributed by atoms with van der Waals surface area (Å²) in [6.07, 6.45) is 2.48. The van der Waals surface area contributed by atoms with E-state index in [1.54, 1.807) is 0 Å². The van der Waals surface area contributed by atoms with E-state index in [-0.39, 0.29) is 0 Å². The molecular weight excluding hydrogens is 222 g/mol. The number of para-hydroxylation sites is 1. The van der Waals surface area contributed by atoms with E-state index in [0.29, 0.717) is 11.8 Å². The summed E-state index contributed by atoms with van der Waals surface area (Å²) in [6.45, 7) is 5.36. The van der Waals surface area contributed by atoms with Crippen molar-refractivity contribution in [2.45, 2.75) is 32.6 Å². The first-order valence-electron chi connectivity index (χ1n) is 6.74.